The molecule has 0 fully saturated rings. The van der Waals surface area contributed by atoms with Crippen molar-refractivity contribution >= 4 is 11.5 Å². The van der Waals surface area contributed by atoms with Crippen LogP contribution in [0.4, 0.5) is 0 Å². The van der Waals surface area contributed by atoms with Crippen molar-refractivity contribution in [2.75, 3.05) is 6.61 Å². The van der Waals surface area contributed by atoms with Gasteiger partial charge in [-0.25, -0.2) is 4.79 Å². The largest absolute Gasteiger partial charge is 0.492 e. The highest BCUT2D eigenvalue weighted by molar-refractivity contribution is 5.97. The summed E-state index contributed by atoms with van der Waals surface area (Å²) in [4.78, 5) is 11.1. The number of hydrogen-bond donors (Lipinski definition) is 1. The van der Waals surface area contributed by atoms with Gasteiger partial charge in [0.05, 0.1) is 6.61 Å². The number of ether oxygens (including phenoxy) is 1. The number of rotatable bonds is 1. The van der Waals surface area contributed by atoms with Gasteiger partial charge in [-0.3, -0.25) is 0 Å². The molecule has 1 unspecified atom stereocenters. The van der Waals surface area contributed by atoms with Crippen LogP contribution in [0, 0.1) is 5.92 Å². The average Bonchev–Trinajstić information content (AvgIpc) is 2.28. The summed E-state index contributed by atoms with van der Waals surface area (Å²) in [5, 5.41) is 9.08. The van der Waals surface area contributed by atoms with E-state index in [2.05, 4.69) is 0 Å². The van der Waals surface area contributed by atoms with Crippen LogP contribution >= 0.6 is 0 Å². The van der Waals surface area contributed by atoms with Crippen molar-refractivity contribution in [3.8, 4) is 5.75 Å². The zero-order valence-corrected chi connectivity index (χ0v) is 9.36. The number of carbonyl (C=O) groups is 1. The highest BCUT2D eigenvalue weighted by atomic mass is 16.5. The number of fused-ring (bicyclic) bond motifs is 1. The molecule has 0 saturated heterocycles. The van der Waals surface area contributed by atoms with Crippen LogP contribution in [-0.2, 0) is 4.79 Å². The van der Waals surface area contributed by atoms with Crippen molar-refractivity contribution in [3.63, 3.8) is 0 Å². The molecule has 84 valence electrons. The van der Waals surface area contributed by atoms with Gasteiger partial charge in [0.15, 0.2) is 0 Å². The van der Waals surface area contributed by atoms with Gasteiger partial charge in [0, 0.05) is 17.1 Å². The normalized spacial score (nSPS) is 22.0. The third-order valence-electron chi connectivity index (χ3n) is 2.88. The summed E-state index contributed by atoms with van der Waals surface area (Å²) in [5.41, 5.74) is 2.19. The van der Waals surface area contributed by atoms with Crippen LogP contribution in [0.25, 0.3) is 5.57 Å². The Morgan fingerprint density at radius 3 is 2.81 bits per heavy atom. The summed E-state index contributed by atoms with van der Waals surface area (Å²) in [6.45, 7) is 4.17. The molecule has 0 bridgehead atoms. The van der Waals surface area contributed by atoms with Crippen LogP contribution < -0.4 is 4.74 Å². The van der Waals surface area contributed by atoms with Crippen molar-refractivity contribution in [2.24, 2.45) is 5.92 Å². The van der Waals surface area contributed by atoms with E-state index in [1.165, 1.54) is 0 Å². The molecule has 1 atom stereocenters. The molecule has 0 amide bonds. The molecule has 2 rings (SSSR count). The molecule has 1 aromatic carbocycles. The van der Waals surface area contributed by atoms with E-state index in [4.69, 9.17) is 9.84 Å². The van der Waals surface area contributed by atoms with E-state index in [-0.39, 0.29) is 5.92 Å². The zero-order valence-electron chi connectivity index (χ0n) is 9.36. The van der Waals surface area contributed by atoms with E-state index in [1.807, 2.05) is 31.2 Å². The van der Waals surface area contributed by atoms with E-state index in [1.54, 1.807) is 6.92 Å². The Morgan fingerprint density at radius 1 is 1.44 bits per heavy atom. The fraction of sp³-hybridized carbons (Fsp3) is 0.308. The molecule has 1 N–H and O–H groups in total. The van der Waals surface area contributed by atoms with E-state index in [9.17, 15) is 4.79 Å². The van der Waals surface area contributed by atoms with Crippen molar-refractivity contribution < 1.29 is 14.6 Å². The molecule has 1 aromatic rings. The zero-order chi connectivity index (χ0) is 11.7. The lowest BCUT2D eigenvalue weighted by atomic mass is 9.88. The van der Waals surface area contributed by atoms with Crippen molar-refractivity contribution in [2.45, 2.75) is 13.8 Å². The lowest BCUT2D eigenvalue weighted by Crippen LogP contribution is -2.19. The molecule has 16 heavy (non-hydrogen) atoms. The Morgan fingerprint density at radius 2 is 2.12 bits per heavy atom. The summed E-state index contributed by atoms with van der Waals surface area (Å²) in [5.74, 6) is 0.0285. The SMILES string of the molecule is C/C(C(=O)O)=C1\c2ccccc2OCC1C. The number of hydrogen-bond acceptors (Lipinski definition) is 2. The maximum absolute atomic E-state index is 11.1. The minimum atomic E-state index is -0.862. The highest BCUT2D eigenvalue weighted by Gasteiger charge is 2.25. The van der Waals surface area contributed by atoms with Crippen LogP contribution in [0.5, 0.6) is 5.75 Å². The first-order chi connectivity index (χ1) is 7.61. The molecule has 0 saturated carbocycles. The summed E-state index contributed by atoms with van der Waals surface area (Å²) in [6, 6.07) is 7.57. The predicted molar refractivity (Wildman–Crippen MR) is 61.3 cm³/mol. The number of para-hydroxylation sites is 1. The molecular formula is C13H14O3. The standard InChI is InChI=1S/C13H14O3/c1-8-7-16-11-6-4-3-5-10(11)12(8)9(2)13(14)15/h3-6,8H,7H2,1-2H3,(H,14,15)/b12-9+. The van der Waals surface area contributed by atoms with Crippen LogP contribution in [0.1, 0.15) is 19.4 Å². The number of carboxylic acids is 1. The Bertz CT molecular complexity index is 460. The molecule has 3 heteroatoms. The van der Waals surface area contributed by atoms with Crippen molar-refractivity contribution in [3.05, 3.63) is 35.4 Å². The second-order valence-corrected chi connectivity index (χ2v) is 4.05. The van der Waals surface area contributed by atoms with Gasteiger partial charge in [0.2, 0.25) is 0 Å². The van der Waals surface area contributed by atoms with Crippen molar-refractivity contribution in [1.29, 1.82) is 0 Å². The molecule has 0 aromatic heterocycles. The van der Waals surface area contributed by atoms with Gasteiger partial charge >= 0.3 is 5.97 Å². The lowest BCUT2D eigenvalue weighted by molar-refractivity contribution is -0.132. The highest BCUT2D eigenvalue weighted by Crippen LogP contribution is 2.37. The van der Waals surface area contributed by atoms with Crippen LogP contribution in [0.15, 0.2) is 29.8 Å². The van der Waals surface area contributed by atoms with E-state index in [0.29, 0.717) is 12.2 Å². The molecule has 1 aliphatic heterocycles. The Kier molecular flexibility index (Phi) is 2.69. The van der Waals surface area contributed by atoms with Crippen LogP contribution in [0.2, 0.25) is 0 Å². The van der Waals surface area contributed by atoms with Gasteiger partial charge < -0.3 is 9.84 Å². The number of carboxylic acid groups (broad SMARTS) is 1. The van der Waals surface area contributed by atoms with Gasteiger partial charge in [0.25, 0.3) is 0 Å². The molecule has 0 aliphatic carbocycles. The number of aliphatic carboxylic acids is 1. The van der Waals surface area contributed by atoms with Gasteiger partial charge in [-0.1, -0.05) is 25.1 Å². The molecular weight excluding hydrogens is 204 g/mol. The quantitative estimate of drug-likeness (QED) is 0.737. The van der Waals surface area contributed by atoms with Gasteiger partial charge in [-0.05, 0) is 18.6 Å². The Hall–Kier alpha value is -1.77. The third-order valence-corrected chi connectivity index (χ3v) is 2.88. The second-order valence-electron chi connectivity index (χ2n) is 4.05. The summed E-state index contributed by atoms with van der Waals surface area (Å²) in [7, 11) is 0. The molecule has 3 nitrogen and oxygen atoms in total. The Balaban J connectivity index is 2.61. The summed E-state index contributed by atoms with van der Waals surface area (Å²) < 4.78 is 5.57. The van der Waals surface area contributed by atoms with Gasteiger partial charge in [-0.2, -0.15) is 0 Å². The minimum absolute atomic E-state index is 0.117. The van der Waals surface area contributed by atoms with E-state index >= 15 is 0 Å². The fourth-order valence-electron chi connectivity index (χ4n) is 2.07. The second kappa shape index (κ2) is 4.00. The molecule has 1 heterocycles. The lowest BCUT2D eigenvalue weighted by Gasteiger charge is -2.26. The predicted octanol–water partition coefficient (Wildman–Crippen LogP) is 2.57. The van der Waals surface area contributed by atoms with Crippen LogP contribution in [-0.4, -0.2) is 17.7 Å². The number of benzene rings is 1. The first kappa shape index (κ1) is 10.7. The van der Waals surface area contributed by atoms with Crippen molar-refractivity contribution in [1.82, 2.24) is 0 Å². The maximum Gasteiger partial charge on any atom is 0.331 e. The topological polar surface area (TPSA) is 46.5 Å². The van der Waals surface area contributed by atoms with Gasteiger partial charge in [-0.15, -0.1) is 0 Å². The minimum Gasteiger partial charge on any atom is -0.492 e. The first-order valence-corrected chi connectivity index (χ1v) is 5.27. The summed E-state index contributed by atoms with van der Waals surface area (Å²) in [6.07, 6.45) is 0. The Labute approximate surface area is 94.4 Å². The average molecular weight is 218 g/mol. The fourth-order valence-corrected chi connectivity index (χ4v) is 2.07. The van der Waals surface area contributed by atoms with Gasteiger partial charge in [0.1, 0.15) is 5.75 Å². The maximum atomic E-state index is 11.1. The van der Waals surface area contributed by atoms with Crippen LogP contribution in [0.3, 0.4) is 0 Å². The summed E-state index contributed by atoms with van der Waals surface area (Å²) >= 11 is 0. The molecule has 0 radical (unpaired) electrons. The molecule has 0 spiro atoms. The van der Waals surface area contributed by atoms with E-state index in [0.717, 1.165) is 16.9 Å². The third kappa shape index (κ3) is 1.69. The monoisotopic (exact) mass is 218 g/mol. The molecule has 1 aliphatic rings. The smallest absolute Gasteiger partial charge is 0.331 e. The van der Waals surface area contributed by atoms with E-state index < -0.39 is 5.97 Å². The first-order valence-electron chi connectivity index (χ1n) is 5.27.